The van der Waals surface area contributed by atoms with Gasteiger partial charge in [-0.15, -0.1) is 0 Å². The third-order valence-corrected chi connectivity index (χ3v) is 3.38. The minimum Gasteiger partial charge on any atom is -0.465 e. The van der Waals surface area contributed by atoms with Crippen LogP contribution in [0.15, 0.2) is 24.5 Å². The van der Waals surface area contributed by atoms with Gasteiger partial charge in [0.2, 0.25) is 0 Å². The van der Waals surface area contributed by atoms with Gasteiger partial charge in [-0.25, -0.2) is 9.78 Å². The van der Waals surface area contributed by atoms with Gasteiger partial charge in [0.15, 0.2) is 0 Å². The largest absolute Gasteiger partial charge is 0.465 e. The van der Waals surface area contributed by atoms with Gasteiger partial charge in [-0.1, -0.05) is 0 Å². The number of aromatic nitrogens is 2. The van der Waals surface area contributed by atoms with Crippen LogP contribution in [0.3, 0.4) is 0 Å². The van der Waals surface area contributed by atoms with Gasteiger partial charge in [0.1, 0.15) is 5.82 Å². The smallest absolute Gasteiger partial charge is 0.340 e. The van der Waals surface area contributed by atoms with Crippen LogP contribution in [0.25, 0.3) is 5.52 Å². The fraction of sp³-hybridized carbons (Fsp3) is 0.385. The maximum Gasteiger partial charge on any atom is 0.340 e. The topological polar surface area (TPSA) is 55.6 Å². The standard InChI is InChI=1S/C13H15N3O2/c1-18-13(17)9-4-3-7-16-11(9)8-15-12(16)10-5-2-6-14-10/h3-4,7-8,10,14H,2,5-6H2,1H3. The maximum absolute atomic E-state index is 11.7. The molecule has 1 fully saturated rings. The van der Waals surface area contributed by atoms with E-state index >= 15 is 0 Å². The molecule has 2 aromatic rings. The van der Waals surface area contributed by atoms with E-state index in [2.05, 4.69) is 10.3 Å². The zero-order chi connectivity index (χ0) is 12.5. The van der Waals surface area contributed by atoms with Crippen molar-refractivity contribution in [1.29, 1.82) is 0 Å². The summed E-state index contributed by atoms with van der Waals surface area (Å²) < 4.78 is 6.75. The minimum atomic E-state index is -0.327. The lowest BCUT2D eigenvalue weighted by atomic mass is 10.2. The molecule has 5 nitrogen and oxygen atoms in total. The van der Waals surface area contributed by atoms with E-state index < -0.39 is 0 Å². The summed E-state index contributed by atoms with van der Waals surface area (Å²) >= 11 is 0. The van der Waals surface area contributed by atoms with Crippen molar-refractivity contribution >= 4 is 11.5 Å². The van der Waals surface area contributed by atoms with Crippen molar-refractivity contribution in [2.75, 3.05) is 13.7 Å². The van der Waals surface area contributed by atoms with Crippen LogP contribution in [-0.4, -0.2) is 29.0 Å². The van der Waals surface area contributed by atoms with Crippen molar-refractivity contribution in [2.45, 2.75) is 18.9 Å². The number of carbonyl (C=O) groups is 1. The highest BCUT2D eigenvalue weighted by molar-refractivity contribution is 5.96. The van der Waals surface area contributed by atoms with Crippen molar-refractivity contribution in [3.63, 3.8) is 0 Å². The monoisotopic (exact) mass is 245 g/mol. The van der Waals surface area contributed by atoms with Crippen LogP contribution in [-0.2, 0) is 4.74 Å². The summed E-state index contributed by atoms with van der Waals surface area (Å²) in [5.74, 6) is 0.639. The molecule has 1 saturated heterocycles. The van der Waals surface area contributed by atoms with Crippen LogP contribution >= 0.6 is 0 Å². The molecule has 94 valence electrons. The van der Waals surface area contributed by atoms with E-state index in [0.717, 1.165) is 30.7 Å². The van der Waals surface area contributed by atoms with Crippen LogP contribution in [0, 0.1) is 0 Å². The van der Waals surface area contributed by atoms with Crippen LogP contribution in [0.2, 0.25) is 0 Å². The Balaban J connectivity index is 2.11. The van der Waals surface area contributed by atoms with Crippen molar-refractivity contribution in [2.24, 2.45) is 0 Å². The van der Waals surface area contributed by atoms with E-state index in [4.69, 9.17) is 4.74 Å². The van der Waals surface area contributed by atoms with Crippen LogP contribution < -0.4 is 5.32 Å². The van der Waals surface area contributed by atoms with E-state index in [9.17, 15) is 4.79 Å². The third-order valence-electron chi connectivity index (χ3n) is 3.38. The fourth-order valence-electron chi connectivity index (χ4n) is 2.49. The predicted molar refractivity (Wildman–Crippen MR) is 66.5 cm³/mol. The number of methoxy groups -OCH3 is 1. The van der Waals surface area contributed by atoms with E-state index in [-0.39, 0.29) is 12.0 Å². The molecule has 0 amide bonds. The molecule has 3 rings (SSSR count). The first-order valence-electron chi connectivity index (χ1n) is 6.09. The average molecular weight is 245 g/mol. The maximum atomic E-state index is 11.7. The van der Waals surface area contributed by atoms with Gasteiger partial charge in [-0.3, -0.25) is 0 Å². The number of pyridine rings is 1. The first-order valence-corrected chi connectivity index (χ1v) is 6.09. The van der Waals surface area contributed by atoms with Crippen LogP contribution in [0.4, 0.5) is 0 Å². The number of nitrogens with zero attached hydrogens (tertiary/aromatic N) is 2. The highest BCUT2D eigenvalue weighted by Gasteiger charge is 2.22. The quantitative estimate of drug-likeness (QED) is 0.815. The van der Waals surface area contributed by atoms with Crippen molar-refractivity contribution in [3.8, 4) is 0 Å². The summed E-state index contributed by atoms with van der Waals surface area (Å²) in [6, 6.07) is 3.88. The number of fused-ring (bicyclic) bond motifs is 1. The fourth-order valence-corrected chi connectivity index (χ4v) is 2.49. The molecule has 1 atom stereocenters. The first kappa shape index (κ1) is 11.2. The second-order valence-electron chi connectivity index (χ2n) is 4.43. The summed E-state index contributed by atoms with van der Waals surface area (Å²) in [6.45, 7) is 1.02. The Morgan fingerprint density at radius 1 is 1.61 bits per heavy atom. The normalized spacial score (nSPS) is 19.3. The number of imidazole rings is 1. The number of ether oxygens (including phenoxy) is 1. The zero-order valence-corrected chi connectivity index (χ0v) is 10.2. The number of hydrogen-bond donors (Lipinski definition) is 1. The zero-order valence-electron chi connectivity index (χ0n) is 10.2. The Hall–Kier alpha value is -1.88. The molecule has 3 heterocycles. The van der Waals surface area contributed by atoms with Gasteiger partial charge < -0.3 is 14.5 Å². The van der Waals surface area contributed by atoms with Crippen molar-refractivity contribution < 1.29 is 9.53 Å². The van der Waals surface area contributed by atoms with E-state index in [0.29, 0.717) is 5.56 Å². The molecular formula is C13H15N3O2. The van der Waals surface area contributed by atoms with Crippen molar-refractivity contribution in [1.82, 2.24) is 14.7 Å². The van der Waals surface area contributed by atoms with Gasteiger partial charge in [0.25, 0.3) is 0 Å². The van der Waals surface area contributed by atoms with Crippen LogP contribution in [0.1, 0.15) is 35.1 Å². The number of nitrogens with one attached hydrogen (secondary N) is 1. The summed E-state index contributed by atoms with van der Waals surface area (Å²) in [5, 5.41) is 3.41. The summed E-state index contributed by atoms with van der Waals surface area (Å²) in [5.41, 5.74) is 1.35. The Bertz CT molecular complexity index is 585. The molecule has 1 unspecified atom stereocenters. The van der Waals surface area contributed by atoms with Gasteiger partial charge in [0.05, 0.1) is 30.4 Å². The molecule has 1 N–H and O–H groups in total. The summed E-state index contributed by atoms with van der Waals surface area (Å²) in [4.78, 5) is 16.1. The van der Waals surface area contributed by atoms with Crippen molar-refractivity contribution in [3.05, 3.63) is 35.9 Å². The molecule has 1 aliphatic rings. The molecule has 0 saturated carbocycles. The van der Waals surface area contributed by atoms with Gasteiger partial charge in [-0.05, 0) is 31.5 Å². The molecule has 0 aromatic carbocycles. The number of carbonyl (C=O) groups excluding carboxylic acids is 1. The molecule has 0 spiro atoms. The Morgan fingerprint density at radius 3 is 3.22 bits per heavy atom. The first-order chi connectivity index (χ1) is 8.81. The summed E-state index contributed by atoms with van der Waals surface area (Å²) in [6.07, 6.45) is 5.92. The molecule has 1 aliphatic heterocycles. The second kappa shape index (κ2) is 4.42. The second-order valence-corrected chi connectivity index (χ2v) is 4.43. The average Bonchev–Trinajstić information content (AvgIpc) is 3.05. The molecular weight excluding hydrogens is 230 g/mol. The Labute approximate surface area is 105 Å². The Morgan fingerprint density at radius 2 is 2.50 bits per heavy atom. The lowest BCUT2D eigenvalue weighted by Crippen LogP contribution is -2.16. The van der Waals surface area contributed by atoms with Gasteiger partial charge >= 0.3 is 5.97 Å². The van der Waals surface area contributed by atoms with Gasteiger partial charge in [0, 0.05) is 6.20 Å². The lowest BCUT2D eigenvalue weighted by Gasteiger charge is -2.09. The molecule has 0 aliphatic carbocycles. The van der Waals surface area contributed by atoms with E-state index in [1.54, 1.807) is 12.3 Å². The number of rotatable bonds is 2. The van der Waals surface area contributed by atoms with Crippen LogP contribution in [0.5, 0.6) is 0 Å². The number of hydrogen-bond acceptors (Lipinski definition) is 4. The predicted octanol–water partition coefficient (Wildman–Crippen LogP) is 1.55. The van der Waals surface area contributed by atoms with E-state index in [1.165, 1.54) is 7.11 Å². The molecule has 18 heavy (non-hydrogen) atoms. The highest BCUT2D eigenvalue weighted by Crippen LogP contribution is 2.24. The third kappa shape index (κ3) is 1.67. The molecule has 2 aromatic heterocycles. The SMILES string of the molecule is COC(=O)c1cccn2c(C3CCCN3)ncc12. The number of esters is 1. The Kier molecular flexibility index (Phi) is 2.76. The highest BCUT2D eigenvalue weighted by atomic mass is 16.5. The molecule has 0 bridgehead atoms. The van der Waals surface area contributed by atoms with E-state index in [1.807, 2.05) is 16.7 Å². The molecule has 5 heteroatoms. The lowest BCUT2D eigenvalue weighted by molar-refractivity contribution is 0.0602. The van der Waals surface area contributed by atoms with Gasteiger partial charge in [-0.2, -0.15) is 0 Å². The molecule has 0 radical (unpaired) electrons. The summed E-state index contributed by atoms with van der Waals surface area (Å²) in [7, 11) is 1.39. The minimum absolute atomic E-state index is 0.278.